The molecule has 0 aliphatic carbocycles. The third kappa shape index (κ3) is 7.17. The first-order chi connectivity index (χ1) is 15.7. The van der Waals surface area contributed by atoms with Crippen molar-refractivity contribution in [1.82, 2.24) is 5.32 Å². The standard InChI is InChI=1S/C23H22AsN3O6/c1-16(28)25-22(15-17-7-13-21(29)14-8-17)23(30)33-24(31,32)18-9-11-20(12-10-18)27-26-19-5-3-2-4-6-19/h2-14,22,29H,15H2,1H3,(H,25,28)(H,31,32)/b27-26+/t22-/m0/s1. The van der Waals surface area contributed by atoms with Gasteiger partial charge >= 0.3 is 193 Å². The van der Waals surface area contributed by atoms with Gasteiger partial charge in [-0.1, -0.05) is 0 Å². The molecule has 0 saturated heterocycles. The molecule has 170 valence electrons. The Morgan fingerprint density at radius 3 is 2.09 bits per heavy atom. The van der Waals surface area contributed by atoms with Crippen molar-refractivity contribution < 1.29 is 26.3 Å². The number of rotatable bonds is 8. The molecule has 0 radical (unpaired) electrons. The van der Waals surface area contributed by atoms with Crippen molar-refractivity contribution in [3.8, 4) is 5.75 Å². The Hall–Kier alpha value is -3.68. The summed E-state index contributed by atoms with van der Waals surface area (Å²) >= 11 is -5.25. The Bertz CT molecular complexity index is 1180. The number of carbonyl (C=O) groups is 2. The number of carbonyl (C=O) groups excluding carboxylic acids is 2. The van der Waals surface area contributed by atoms with Gasteiger partial charge in [-0.3, -0.25) is 0 Å². The quantitative estimate of drug-likeness (QED) is 0.314. The van der Waals surface area contributed by atoms with Crippen molar-refractivity contribution in [3.63, 3.8) is 0 Å². The predicted molar refractivity (Wildman–Crippen MR) is 121 cm³/mol. The molecule has 10 heteroatoms. The summed E-state index contributed by atoms with van der Waals surface area (Å²) in [6.45, 7) is 1.23. The molecule has 0 bridgehead atoms. The average Bonchev–Trinajstić information content (AvgIpc) is 2.79. The molecule has 2 atom stereocenters. The van der Waals surface area contributed by atoms with E-state index in [0.29, 0.717) is 16.9 Å². The average molecular weight is 511 g/mol. The molecule has 0 aromatic heterocycles. The molecule has 3 N–H and O–H groups in total. The first kappa shape index (κ1) is 24.0. The van der Waals surface area contributed by atoms with Gasteiger partial charge in [-0.2, -0.15) is 0 Å². The van der Waals surface area contributed by atoms with Crippen LogP contribution in [0.1, 0.15) is 12.5 Å². The molecule has 1 amide bonds. The molecular weight excluding hydrogens is 489 g/mol. The summed E-state index contributed by atoms with van der Waals surface area (Å²) in [6.07, 6.45) is 0.0211. The van der Waals surface area contributed by atoms with E-state index in [0.717, 1.165) is 0 Å². The van der Waals surface area contributed by atoms with Crippen LogP contribution in [0.4, 0.5) is 11.4 Å². The maximum absolute atomic E-state index is 12.8. The van der Waals surface area contributed by atoms with E-state index in [1.165, 1.54) is 43.3 Å². The minimum absolute atomic E-state index is 0.0211. The Morgan fingerprint density at radius 1 is 0.939 bits per heavy atom. The van der Waals surface area contributed by atoms with Gasteiger partial charge in [-0.15, -0.1) is 0 Å². The molecule has 33 heavy (non-hydrogen) atoms. The monoisotopic (exact) mass is 511 g/mol. The third-order valence-corrected chi connectivity index (χ3v) is 7.36. The zero-order valence-corrected chi connectivity index (χ0v) is 19.5. The first-order valence-electron chi connectivity index (χ1n) is 9.91. The number of amides is 1. The normalized spacial score (nSPS) is 13.8. The number of nitrogens with one attached hydrogen (secondary N) is 1. The number of benzene rings is 3. The van der Waals surface area contributed by atoms with Crippen LogP contribution in [0.2, 0.25) is 0 Å². The summed E-state index contributed by atoms with van der Waals surface area (Å²) in [7, 11) is 0. The van der Waals surface area contributed by atoms with Crippen LogP contribution in [0.3, 0.4) is 0 Å². The van der Waals surface area contributed by atoms with Crippen LogP contribution in [-0.2, 0) is 23.5 Å². The molecule has 0 aliphatic rings. The van der Waals surface area contributed by atoms with Crippen molar-refractivity contribution in [3.05, 3.63) is 84.4 Å². The topological polar surface area (TPSA) is 138 Å². The number of phenols is 1. The summed E-state index contributed by atoms with van der Waals surface area (Å²) in [5, 5.41) is 20.0. The van der Waals surface area contributed by atoms with Crippen LogP contribution in [0.25, 0.3) is 0 Å². The van der Waals surface area contributed by atoms with E-state index in [1.54, 1.807) is 24.3 Å². The molecule has 0 fully saturated rings. The number of nitrogens with zero attached hydrogens (tertiary/aromatic N) is 2. The molecule has 3 rings (SSSR count). The van der Waals surface area contributed by atoms with Crippen molar-refractivity contribution in [2.75, 3.05) is 0 Å². The summed E-state index contributed by atoms with van der Waals surface area (Å²) in [4.78, 5) is 24.2. The molecule has 0 aliphatic heterocycles. The second kappa shape index (κ2) is 10.8. The van der Waals surface area contributed by atoms with Gasteiger partial charge in [0.15, 0.2) is 0 Å². The van der Waals surface area contributed by atoms with E-state index < -0.39 is 32.1 Å². The summed E-state index contributed by atoms with van der Waals surface area (Å²) in [5.41, 5.74) is 1.73. The molecule has 0 saturated carbocycles. The molecular formula is C23H22AsN3O6. The number of hydrogen-bond acceptors (Lipinski definition) is 7. The summed E-state index contributed by atoms with van der Waals surface area (Å²) in [6, 6.07) is 19.6. The maximum atomic E-state index is 12.8. The molecule has 0 heterocycles. The van der Waals surface area contributed by atoms with E-state index in [9.17, 15) is 22.5 Å². The van der Waals surface area contributed by atoms with Crippen LogP contribution in [0.15, 0.2) is 89.1 Å². The van der Waals surface area contributed by atoms with Crippen LogP contribution in [-0.4, -0.2) is 41.3 Å². The van der Waals surface area contributed by atoms with Gasteiger partial charge in [0.1, 0.15) is 0 Å². The van der Waals surface area contributed by atoms with Crippen LogP contribution < -0.4 is 9.67 Å². The third-order valence-electron chi connectivity index (χ3n) is 4.47. The second-order valence-electron chi connectivity index (χ2n) is 7.11. The number of phenolic OH excluding ortho intramolecular Hbond substituents is 1. The number of aromatic hydroxyl groups is 1. The Balaban J connectivity index is 1.70. The van der Waals surface area contributed by atoms with E-state index in [1.807, 2.05) is 18.2 Å². The first-order valence-corrected chi connectivity index (χ1v) is 13.2. The van der Waals surface area contributed by atoms with Gasteiger partial charge in [0, 0.05) is 0 Å². The van der Waals surface area contributed by atoms with Crippen molar-refractivity contribution >= 4 is 41.8 Å². The van der Waals surface area contributed by atoms with Gasteiger partial charge in [-0.25, -0.2) is 0 Å². The Labute approximate surface area is 193 Å². The van der Waals surface area contributed by atoms with Crippen molar-refractivity contribution in [2.45, 2.75) is 19.4 Å². The molecule has 3 aromatic carbocycles. The van der Waals surface area contributed by atoms with E-state index >= 15 is 0 Å². The van der Waals surface area contributed by atoms with Crippen LogP contribution in [0.5, 0.6) is 5.75 Å². The van der Waals surface area contributed by atoms with Gasteiger partial charge in [0.2, 0.25) is 0 Å². The Morgan fingerprint density at radius 2 is 1.52 bits per heavy atom. The zero-order chi connectivity index (χ0) is 23.8. The van der Waals surface area contributed by atoms with E-state index in [-0.39, 0.29) is 16.5 Å². The van der Waals surface area contributed by atoms with Crippen LogP contribution in [0, 0.1) is 0 Å². The van der Waals surface area contributed by atoms with Crippen LogP contribution >= 0.6 is 0 Å². The number of hydrogen-bond donors (Lipinski definition) is 3. The van der Waals surface area contributed by atoms with Crippen molar-refractivity contribution in [2.24, 2.45) is 10.2 Å². The summed E-state index contributed by atoms with van der Waals surface area (Å²) < 4.78 is 28.1. The van der Waals surface area contributed by atoms with E-state index in [2.05, 4.69) is 15.5 Å². The molecule has 1 unspecified atom stereocenters. The van der Waals surface area contributed by atoms with E-state index in [4.69, 9.17) is 3.73 Å². The second-order valence-corrected chi connectivity index (χ2v) is 10.8. The molecule has 9 nitrogen and oxygen atoms in total. The van der Waals surface area contributed by atoms with Gasteiger partial charge in [0.25, 0.3) is 0 Å². The summed E-state index contributed by atoms with van der Waals surface area (Å²) in [5.74, 6) is -1.48. The Kier molecular flexibility index (Phi) is 7.82. The van der Waals surface area contributed by atoms with Gasteiger partial charge < -0.3 is 0 Å². The minimum atomic E-state index is -5.25. The fourth-order valence-electron chi connectivity index (χ4n) is 2.86. The number of azo groups is 1. The zero-order valence-electron chi connectivity index (χ0n) is 17.7. The SMILES string of the molecule is CC(=O)N[C@@H](Cc1ccc(O)cc1)C(=O)O[As](=O)(O)c1ccc(/N=N/c2ccccc2)cc1. The fraction of sp³-hybridized carbons (Fsp3) is 0.130. The molecule has 3 aromatic rings. The van der Waals surface area contributed by atoms with Gasteiger partial charge in [0.05, 0.1) is 0 Å². The fourth-order valence-corrected chi connectivity index (χ4v) is 4.97. The van der Waals surface area contributed by atoms with Gasteiger partial charge in [-0.05, 0) is 0 Å². The van der Waals surface area contributed by atoms with Crippen molar-refractivity contribution in [1.29, 1.82) is 0 Å². The predicted octanol–water partition coefficient (Wildman–Crippen LogP) is 2.67. The molecule has 0 spiro atoms.